The van der Waals surface area contributed by atoms with Gasteiger partial charge >= 0.3 is 5.97 Å². The molecule has 29 heavy (non-hydrogen) atoms. The van der Waals surface area contributed by atoms with Gasteiger partial charge < -0.3 is 4.74 Å². The summed E-state index contributed by atoms with van der Waals surface area (Å²) in [5, 5.41) is 1.55. The molecule has 2 aromatic carbocycles. The highest BCUT2D eigenvalue weighted by atomic mass is 35.5. The Morgan fingerprint density at radius 3 is 2.45 bits per heavy atom. The standard InChI is InChI=1S/C23H17ClN2O3/c1-29-23(28)21-20(16-9-11-25-12-10-16)19-13-17(24)7-8-18(19)22(27)26(21)14-15-5-3-2-4-6-15/h2-13H,14H2,1H3. The number of pyridine rings is 2. The zero-order valence-electron chi connectivity index (χ0n) is 15.6. The van der Waals surface area contributed by atoms with E-state index in [1.165, 1.54) is 11.7 Å². The lowest BCUT2D eigenvalue weighted by Gasteiger charge is -2.19. The highest BCUT2D eigenvalue weighted by molar-refractivity contribution is 6.31. The Morgan fingerprint density at radius 1 is 1.03 bits per heavy atom. The molecule has 0 saturated heterocycles. The normalized spacial score (nSPS) is 10.8. The number of methoxy groups -OCH3 is 1. The number of hydrogen-bond donors (Lipinski definition) is 0. The minimum absolute atomic E-state index is 0.183. The van der Waals surface area contributed by atoms with E-state index in [2.05, 4.69) is 4.98 Å². The van der Waals surface area contributed by atoms with E-state index in [4.69, 9.17) is 16.3 Å². The molecule has 0 amide bonds. The molecular weight excluding hydrogens is 388 g/mol. The molecule has 5 nitrogen and oxygen atoms in total. The molecule has 144 valence electrons. The molecule has 4 rings (SSSR count). The van der Waals surface area contributed by atoms with E-state index in [0.29, 0.717) is 21.4 Å². The molecule has 6 heteroatoms. The summed E-state index contributed by atoms with van der Waals surface area (Å²) in [5.41, 5.74) is 2.14. The van der Waals surface area contributed by atoms with Gasteiger partial charge in [-0.25, -0.2) is 4.79 Å². The monoisotopic (exact) mass is 404 g/mol. The Labute approximate surface area is 172 Å². The fourth-order valence-electron chi connectivity index (χ4n) is 3.46. The number of carbonyl (C=O) groups excluding carboxylic acids is 1. The molecule has 0 saturated carbocycles. The molecule has 0 atom stereocenters. The number of hydrogen-bond acceptors (Lipinski definition) is 4. The molecule has 0 spiro atoms. The first kappa shape index (κ1) is 18.9. The van der Waals surface area contributed by atoms with Crippen molar-refractivity contribution in [1.82, 2.24) is 9.55 Å². The van der Waals surface area contributed by atoms with Crippen molar-refractivity contribution in [2.24, 2.45) is 0 Å². The second kappa shape index (κ2) is 7.89. The summed E-state index contributed by atoms with van der Waals surface area (Å²) in [4.78, 5) is 30.3. The fraction of sp³-hybridized carbons (Fsp3) is 0.0870. The Bertz CT molecular complexity index is 1250. The summed E-state index contributed by atoms with van der Waals surface area (Å²) < 4.78 is 6.53. The predicted octanol–water partition coefficient (Wildman–Crippen LogP) is 4.55. The van der Waals surface area contributed by atoms with Gasteiger partial charge in [-0.2, -0.15) is 0 Å². The lowest BCUT2D eigenvalue weighted by molar-refractivity contribution is 0.0588. The van der Waals surface area contributed by atoms with Crippen LogP contribution in [0.3, 0.4) is 0 Å². The number of esters is 1. The van der Waals surface area contributed by atoms with E-state index in [-0.39, 0.29) is 17.8 Å². The fourth-order valence-corrected chi connectivity index (χ4v) is 3.63. The zero-order valence-corrected chi connectivity index (χ0v) is 16.4. The van der Waals surface area contributed by atoms with Crippen molar-refractivity contribution in [3.63, 3.8) is 0 Å². The smallest absolute Gasteiger partial charge is 0.355 e. The van der Waals surface area contributed by atoms with Gasteiger partial charge in [0.05, 0.1) is 13.7 Å². The molecular formula is C23H17ClN2O3. The number of ether oxygens (including phenoxy) is 1. The Morgan fingerprint density at radius 2 is 1.76 bits per heavy atom. The Hall–Kier alpha value is -3.44. The van der Waals surface area contributed by atoms with Crippen molar-refractivity contribution < 1.29 is 9.53 Å². The van der Waals surface area contributed by atoms with Crippen LogP contribution >= 0.6 is 11.6 Å². The van der Waals surface area contributed by atoms with Gasteiger partial charge in [-0.15, -0.1) is 0 Å². The SMILES string of the molecule is COC(=O)c1c(-c2ccncc2)c2cc(Cl)ccc2c(=O)n1Cc1ccccc1. The van der Waals surface area contributed by atoms with Gasteiger partial charge in [0, 0.05) is 28.4 Å². The van der Waals surface area contributed by atoms with E-state index in [1.807, 2.05) is 30.3 Å². The molecule has 0 unspecified atom stereocenters. The van der Waals surface area contributed by atoms with Crippen LogP contribution in [0.15, 0.2) is 77.9 Å². The first-order chi connectivity index (χ1) is 14.1. The van der Waals surface area contributed by atoms with Gasteiger partial charge in [-0.3, -0.25) is 14.3 Å². The number of nitrogens with zero attached hydrogens (tertiary/aromatic N) is 2. The summed E-state index contributed by atoms with van der Waals surface area (Å²) in [6.45, 7) is 0.237. The molecule has 2 heterocycles. The molecule has 0 aliphatic heterocycles. The van der Waals surface area contributed by atoms with Crippen LogP contribution in [-0.4, -0.2) is 22.6 Å². The number of rotatable bonds is 4. The number of benzene rings is 2. The van der Waals surface area contributed by atoms with Crippen molar-refractivity contribution in [2.75, 3.05) is 7.11 Å². The molecule has 0 N–H and O–H groups in total. The van der Waals surface area contributed by atoms with E-state index in [9.17, 15) is 9.59 Å². The van der Waals surface area contributed by atoms with Crippen molar-refractivity contribution in [3.8, 4) is 11.1 Å². The molecule has 0 radical (unpaired) electrons. The van der Waals surface area contributed by atoms with Crippen LogP contribution in [-0.2, 0) is 11.3 Å². The van der Waals surface area contributed by atoms with Crippen LogP contribution in [0.1, 0.15) is 16.1 Å². The number of aromatic nitrogens is 2. The Kier molecular flexibility index (Phi) is 5.14. The van der Waals surface area contributed by atoms with Crippen molar-refractivity contribution in [1.29, 1.82) is 0 Å². The topological polar surface area (TPSA) is 61.2 Å². The van der Waals surface area contributed by atoms with E-state index < -0.39 is 5.97 Å². The Balaban J connectivity index is 2.14. The van der Waals surface area contributed by atoms with Gasteiger partial charge in [0.25, 0.3) is 5.56 Å². The lowest BCUT2D eigenvalue weighted by Crippen LogP contribution is -2.28. The first-order valence-electron chi connectivity index (χ1n) is 8.99. The van der Waals surface area contributed by atoms with E-state index >= 15 is 0 Å². The molecule has 0 bridgehead atoms. The number of fused-ring (bicyclic) bond motifs is 1. The molecule has 0 aliphatic carbocycles. The first-order valence-corrected chi connectivity index (χ1v) is 9.36. The largest absolute Gasteiger partial charge is 0.464 e. The molecule has 0 aliphatic rings. The summed E-state index contributed by atoms with van der Waals surface area (Å²) >= 11 is 6.23. The van der Waals surface area contributed by atoms with Gasteiger partial charge in [0.1, 0.15) is 5.69 Å². The minimum atomic E-state index is -0.591. The van der Waals surface area contributed by atoms with Crippen LogP contribution in [0, 0.1) is 0 Å². The van der Waals surface area contributed by atoms with Crippen LogP contribution in [0.2, 0.25) is 5.02 Å². The number of carbonyl (C=O) groups is 1. The van der Waals surface area contributed by atoms with Gasteiger partial charge in [0.15, 0.2) is 0 Å². The van der Waals surface area contributed by atoms with Crippen LogP contribution in [0.4, 0.5) is 0 Å². The van der Waals surface area contributed by atoms with Crippen LogP contribution < -0.4 is 5.56 Å². The number of halogens is 1. The highest BCUT2D eigenvalue weighted by Gasteiger charge is 2.24. The summed E-state index contributed by atoms with van der Waals surface area (Å²) in [7, 11) is 1.30. The maximum Gasteiger partial charge on any atom is 0.355 e. The van der Waals surface area contributed by atoms with Crippen LogP contribution in [0.25, 0.3) is 21.9 Å². The van der Waals surface area contributed by atoms with Crippen molar-refractivity contribution in [3.05, 3.63) is 99.7 Å². The van der Waals surface area contributed by atoms with Crippen LogP contribution in [0.5, 0.6) is 0 Å². The van der Waals surface area contributed by atoms with Gasteiger partial charge in [-0.1, -0.05) is 41.9 Å². The average Bonchev–Trinajstić information content (AvgIpc) is 2.76. The van der Waals surface area contributed by atoms with E-state index in [1.54, 1.807) is 42.7 Å². The average molecular weight is 405 g/mol. The zero-order chi connectivity index (χ0) is 20.4. The summed E-state index contributed by atoms with van der Waals surface area (Å²) in [5.74, 6) is -0.591. The third-order valence-electron chi connectivity index (χ3n) is 4.76. The molecule has 2 aromatic heterocycles. The minimum Gasteiger partial charge on any atom is -0.464 e. The van der Waals surface area contributed by atoms with Crippen molar-refractivity contribution >= 4 is 28.3 Å². The second-order valence-corrected chi connectivity index (χ2v) is 6.95. The second-order valence-electron chi connectivity index (χ2n) is 6.52. The van der Waals surface area contributed by atoms with Crippen molar-refractivity contribution in [2.45, 2.75) is 6.54 Å². The molecule has 0 fully saturated rings. The maximum atomic E-state index is 13.4. The highest BCUT2D eigenvalue weighted by Crippen LogP contribution is 2.32. The third-order valence-corrected chi connectivity index (χ3v) is 5.00. The molecule has 4 aromatic rings. The van der Waals surface area contributed by atoms with Gasteiger partial charge in [0.2, 0.25) is 0 Å². The summed E-state index contributed by atoms with van der Waals surface area (Å²) in [6, 6.07) is 18.1. The summed E-state index contributed by atoms with van der Waals surface area (Å²) in [6.07, 6.45) is 3.28. The quantitative estimate of drug-likeness (QED) is 0.468. The lowest BCUT2D eigenvalue weighted by atomic mass is 9.97. The predicted molar refractivity (Wildman–Crippen MR) is 113 cm³/mol. The van der Waals surface area contributed by atoms with E-state index in [0.717, 1.165) is 11.1 Å². The third kappa shape index (κ3) is 3.52. The van der Waals surface area contributed by atoms with Gasteiger partial charge in [-0.05, 0) is 46.8 Å². The maximum absolute atomic E-state index is 13.4.